The van der Waals surface area contributed by atoms with Gasteiger partial charge in [0, 0.05) is 31.0 Å². The van der Waals surface area contributed by atoms with Crippen molar-refractivity contribution in [3.63, 3.8) is 0 Å². The molecule has 4 heterocycles. The van der Waals surface area contributed by atoms with E-state index < -0.39 is 0 Å². The molecule has 1 saturated heterocycles. The van der Waals surface area contributed by atoms with Crippen LogP contribution in [0.25, 0.3) is 21.6 Å². The fraction of sp³-hybridized carbons (Fsp3) is 0.267. The van der Waals surface area contributed by atoms with Gasteiger partial charge in [0.2, 0.25) is 0 Å². The van der Waals surface area contributed by atoms with Gasteiger partial charge in [-0.3, -0.25) is 4.98 Å². The normalized spacial score (nSPS) is 15.5. The summed E-state index contributed by atoms with van der Waals surface area (Å²) in [5.74, 6) is 1.74. The quantitative estimate of drug-likeness (QED) is 0.728. The van der Waals surface area contributed by atoms with Gasteiger partial charge in [0.25, 0.3) is 0 Å². The first-order chi connectivity index (χ1) is 10.4. The molecule has 0 spiro atoms. The van der Waals surface area contributed by atoms with Crippen molar-refractivity contribution in [2.75, 3.05) is 31.2 Å². The summed E-state index contributed by atoms with van der Waals surface area (Å²) < 4.78 is 6.58. The fourth-order valence-electron chi connectivity index (χ4n) is 2.46. The van der Waals surface area contributed by atoms with Crippen molar-refractivity contribution in [3.05, 3.63) is 36.0 Å². The number of fused-ring (bicyclic) bond motifs is 1. The average molecular weight is 298 g/mol. The van der Waals surface area contributed by atoms with Crippen LogP contribution in [-0.2, 0) is 4.74 Å². The van der Waals surface area contributed by atoms with E-state index in [0.29, 0.717) is 0 Å². The van der Waals surface area contributed by atoms with Crippen LogP contribution in [0.15, 0.2) is 36.0 Å². The van der Waals surface area contributed by atoms with Crippen LogP contribution in [0.3, 0.4) is 0 Å². The maximum Gasteiger partial charge on any atom is 0.163 e. The predicted molar refractivity (Wildman–Crippen MR) is 83.7 cm³/mol. The highest BCUT2D eigenvalue weighted by Crippen LogP contribution is 2.31. The van der Waals surface area contributed by atoms with Crippen molar-refractivity contribution in [1.29, 1.82) is 0 Å². The van der Waals surface area contributed by atoms with E-state index in [-0.39, 0.29) is 0 Å². The Kier molecular flexibility index (Phi) is 3.25. The Labute approximate surface area is 126 Å². The number of anilines is 1. The molecule has 21 heavy (non-hydrogen) atoms. The Morgan fingerprint density at radius 2 is 2.05 bits per heavy atom. The summed E-state index contributed by atoms with van der Waals surface area (Å²) in [6.07, 6.45) is 3.56. The van der Waals surface area contributed by atoms with E-state index in [1.807, 2.05) is 18.2 Å². The van der Waals surface area contributed by atoms with E-state index in [0.717, 1.165) is 53.7 Å². The first-order valence-electron chi connectivity index (χ1n) is 6.90. The van der Waals surface area contributed by atoms with Crippen molar-refractivity contribution in [2.24, 2.45) is 0 Å². The van der Waals surface area contributed by atoms with Crippen LogP contribution in [0.4, 0.5) is 5.82 Å². The molecule has 0 aromatic carbocycles. The summed E-state index contributed by atoms with van der Waals surface area (Å²) in [7, 11) is 0. The fourth-order valence-corrected chi connectivity index (χ4v) is 3.31. The number of aromatic nitrogens is 3. The molecule has 3 aromatic heterocycles. The van der Waals surface area contributed by atoms with Crippen LogP contribution in [0.5, 0.6) is 0 Å². The van der Waals surface area contributed by atoms with Crippen molar-refractivity contribution in [2.45, 2.75) is 0 Å². The second-order valence-corrected chi connectivity index (χ2v) is 5.76. The zero-order valence-electron chi connectivity index (χ0n) is 11.4. The molecule has 1 fully saturated rings. The molecule has 0 aliphatic carbocycles. The molecule has 0 unspecified atom stereocenters. The van der Waals surface area contributed by atoms with Gasteiger partial charge in [-0.1, -0.05) is 0 Å². The number of morpholine rings is 1. The molecule has 0 amide bonds. The number of nitrogens with zero attached hydrogens (tertiary/aromatic N) is 4. The van der Waals surface area contributed by atoms with Crippen molar-refractivity contribution in [3.8, 4) is 11.4 Å². The molecule has 1 aliphatic heterocycles. The van der Waals surface area contributed by atoms with Gasteiger partial charge in [0.1, 0.15) is 0 Å². The summed E-state index contributed by atoms with van der Waals surface area (Å²) in [6.45, 7) is 3.24. The van der Waals surface area contributed by atoms with Crippen LogP contribution in [0.2, 0.25) is 0 Å². The average Bonchev–Trinajstić information content (AvgIpc) is 3.04. The highest BCUT2D eigenvalue weighted by atomic mass is 32.1. The predicted octanol–water partition coefficient (Wildman–Crippen LogP) is 2.59. The number of rotatable bonds is 2. The van der Waals surface area contributed by atoms with Gasteiger partial charge < -0.3 is 9.64 Å². The smallest absolute Gasteiger partial charge is 0.163 e. The van der Waals surface area contributed by atoms with Crippen molar-refractivity contribution >= 4 is 27.4 Å². The van der Waals surface area contributed by atoms with Crippen LogP contribution in [0, 0.1) is 0 Å². The standard InChI is InChI=1S/C15H14N4OS/c1-2-11(10-16-4-1)14-17-12-3-9-21-13(12)15(18-14)19-5-7-20-8-6-19/h1-4,9-10H,5-8H2. The first kappa shape index (κ1) is 12.7. The number of pyridine rings is 1. The van der Waals surface area contributed by atoms with Gasteiger partial charge in [-0.25, -0.2) is 9.97 Å². The lowest BCUT2D eigenvalue weighted by Crippen LogP contribution is -2.36. The lowest BCUT2D eigenvalue weighted by atomic mass is 10.2. The van der Waals surface area contributed by atoms with Crippen molar-refractivity contribution < 1.29 is 4.74 Å². The monoisotopic (exact) mass is 298 g/mol. The van der Waals surface area contributed by atoms with E-state index in [1.165, 1.54) is 0 Å². The molecule has 4 rings (SSSR count). The molecular weight excluding hydrogens is 284 g/mol. The molecule has 0 saturated carbocycles. The zero-order valence-corrected chi connectivity index (χ0v) is 12.2. The summed E-state index contributed by atoms with van der Waals surface area (Å²) in [6, 6.07) is 5.94. The Morgan fingerprint density at radius 1 is 1.14 bits per heavy atom. The topological polar surface area (TPSA) is 51.1 Å². The highest BCUT2D eigenvalue weighted by molar-refractivity contribution is 7.17. The van der Waals surface area contributed by atoms with Crippen molar-refractivity contribution in [1.82, 2.24) is 15.0 Å². The number of hydrogen-bond donors (Lipinski definition) is 0. The minimum atomic E-state index is 0.732. The summed E-state index contributed by atoms with van der Waals surface area (Å²) >= 11 is 1.69. The summed E-state index contributed by atoms with van der Waals surface area (Å²) in [5, 5.41) is 2.07. The van der Waals surface area contributed by atoms with E-state index in [2.05, 4.69) is 20.2 Å². The van der Waals surface area contributed by atoms with Gasteiger partial charge in [0.15, 0.2) is 11.6 Å². The van der Waals surface area contributed by atoms with Crippen LogP contribution in [-0.4, -0.2) is 41.3 Å². The van der Waals surface area contributed by atoms with E-state index in [9.17, 15) is 0 Å². The van der Waals surface area contributed by atoms with E-state index in [1.54, 1.807) is 23.7 Å². The molecule has 106 valence electrons. The minimum Gasteiger partial charge on any atom is -0.378 e. The second-order valence-electron chi connectivity index (χ2n) is 4.85. The number of ether oxygens (including phenoxy) is 1. The van der Waals surface area contributed by atoms with Gasteiger partial charge in [-0.05, 0) is 23.6 Å². The molecule has 1 aliphatic rings. The Bertz CT molecular complexity index is 753. The van der Waals surface area contributed by atoms with Gasteiger partial charge in [-0.2, -0.15) is 0 Å². The molecule has 6 heteroatoms. The molecule has 0 radical (unpaired) electrons. The SMILES string of the molecule is c1cncc(-c2nc(N3CCOCC3)c3sccc3n2)c1. The molecular formula is C15H14N4OS. The lowest BCUT2D eigenvalue weighted by molar-refractivity contribution is 0.122. The van der Waals surface area contributed by atoms with Crippen LogP contribution < -0.4 is 4.90 Å². The summed E-state index contributed by atoms with van der Waals surface area (Å²) in [5.41, 5.74) is 1.94. The van der Waals surface area contributed by atoms with Gasteiger partial charge in [0.05, 0.1) is 23.4 Å². The molecule has 0 N–H and O–H groups in total. The van der Waals surface area contributed by atoms with E-state index >= 15 is 0 Å². The molecule has 0 bridgehead atoms. The second kappa shape index (κ2) is 5.38. The number of thiophene rings is 1. The van der Waals surface area contributed by atoms with Gasteiger partial charge in [-0.15, -0.1) is 11.3 Å². The zero-order chi connectivity index (χ0) is 14.1. The Morgan fingerprint density at radius 3 is 2.86 bits per heavy atom. The maximum atomic E-state index is 5.44. The first-order valence-corrected chi connectivity index (χ1v) is 7.78. The lowest BCUT2D eigenvalue weighted by Gasteiger charge is -2.28. The van der Waals surface area contributed by atoms with Gasteiger partial charge >= 0.3 is 0 Å². The minimum absolute atomic E-state index is 0.732. The third kappa shape index (κ3) is 2.36. The van der Waals surface area contributed by atoms with E-state index in [4.69, 9.17) is 9.72 Å². The third-order valence-corrected chi connectivity index (χ3v) is 4.42. The summed E-state index contributed by atoms with van der Waals surface area (Å²) in [4.78, 5) is 15.9. The molecule has 3 aromatic rings. The largest absolute Gasteiger partial charge is 0.378 e. The van der Waals surface area contributed by atoms with Crippen LogP contribution >= 0.6 is 11.3 Å². The Balaban J connectivity index is 1.86. The van der Waals surface area contributed by atoms with Crippen LogP contribution in [0.1, 0.15) is 0 Å². The molecule has 0 atom stereocenters. The Hall–Kier alpha value is -2.05. The third-order valence-electron chi connectivity index (χ3n) is 3.52. The number of hydrogen-bond acceptors (Lipinski definition) is 6. The highest BCUT2D eigenvalue weighted by Gasteiger charge is 2.18. The maximum absolute atomic E-state index is 5.44. The molecule has 5 nitrogen and oxygen atoms in total.